The molecule has 0 N–H and O–H groups in total. The van der Waals surface area contributed by atoms with Gasteiger partial charge in [-0.05, 0) is 64.6 Å². The van der Waals surface area contributed by atoms with Crippen molar-refractivity contribution in [3.63, 3.8) is 0 Å². The molecule has 0 heterocycles. The molecule has 0 radical (unpaired) electrons. The van der Waals surface area contributed by atoms with E-state index >= 15 is 0 Å². The van der Waals surface area contributed by atoms with Gasteiger partial charge in [0.05, 0.1) is 5.56 Å². The van der Waals surface area contributed by atoms with Crippen LogP contribution in [-0.4, -0.2) is 6.86 Å². The number of benzene rings is 4. The van der Waals surface area contributed by atoms with Crippen molar-refractivity contribution in [3.05, 3.63) is 101 Å². The highest BCUT2D eigenvalue weighted by Gasteiger charge is 2.20. The van der Waals surface area contributed by atoms with Crippen LogP contribution >= 0.6 is 0 Å². The number of alkyl halides is 1. The van der Waals surface area contributed by atoms with Crippen molar-refractivity contribution >= 4 is 0 Å². The average molecular weight is 486 g/mol. The van der Waals surface area contributed by atoms with Crippen LogP contribution < -0.4 is 4.74 Å². The van der Waals surface area contributed by atoms with Crippen molar-refractivity contribution < 1.29 is 31.1 Å². The van der Waals surface area contributed by atoms with Crippen LogP contribution in [0.2, 0.25) is 0 Å². The molecule has 0 aliphatic rings. The van der Waals surface area contributed by atoms with Crippen LogP contribution in [0.3, 0.4) is 0 Å². The van der Waals surface area contributed by atoms with Crippen molar-refractivity contribution in [2.75, 3.05) is 6.86 Å². The van der Waals surface area contributed by atoms with Gasteiger partial charge in [-0.25, -0.2) is 26.3 Å². The summed E-state index contributed by atoms with van der Waals surface area (Å²) in [6, 6.07) is 15.1. The zero-order chi connectivity index (χ0) is 25.1. The van der Waals surface area contributed by atoms with Crippen LogP contribution in [0.4, 0.5) is 26.3 Å². The van der Waals surface area contributed by atoms with E-state index in [1.54, 1.807) is 6.07 Å². The molecule has 0 aromatic heterocycles. The molecule has 0 aliphatic carbocycles. The molecule has 4 aromatic rings. The zero-order valence-electron chi connectivity index (χ0n) is 18.6. The Morgan fingerprint density at radius 3 is 1.69 bits per heavy atom. The van der Waals surface area contributed by atoms with Gasteiger partial charge < -0.3 is 4.74 Å². The first-order valence-corrected chi connectivity index (χ1v) is 10.9. The second-order valence-corrected chi connectivity index (χ2v) is 7.98. The maximum Gasteiger partial charge on any atom is 0.228 e. The minimum absolute atomic E-state index is 0.0373. The molecular formula is C28H20F6O. The molecular weight excluding hydrogens is 466 g/mol. The smallest absolute Gasteiger partial charge is 0.228 e. The first kappa shape index (κ1) is 24.4. The summed E-state index contributed by atoms with van der Waals surface area (Å²) >= 11 is 0. The Hall–Kier alpha value is -3.74. The molecule has 4 aromatic carbocycles. The fourth-order valence-corrected chi connectivity index (χ4v) is 3.98. The molecule has 0 amide bonds. The third-order valence-electron chi connectivity index (χ3n) is 5.63. The molecule has 0 saturated carbocycles. The number of rotatable bonds is 7. The second kappa shape index (κ2) is 10.3. The van der Waals surface area contributed by atoms with Crippen LogP contribution in [0.15, 0.2) is 66.7 Å². The number of ether oxygens (including phenoxy) is 1. The molecule has 7 heteroatoms. The van der Waals surface area contributed by atoms with Crippen LogP contribution in [0.25, 0.3) is 33.4 Å². The van der Waals surface area contributed by atoms with Crippen molar-refractivity contribution in [2.45, 2.75) is 19.8 Å². The zero-order valence-corrected chi connectivity index (χ0v) is 18.6. The molecule has 180 valence electrons. The molecule has 1 nitrogen and oxygen atoms in total. The van der Waals surface area contributed by atoms with Gasteiger partial charge in [0.25, 0.3) is 0 Å². The summed E-state index contributed by atoms with van der Waals surface area (Å²) in [4.78, 5) is 0. The fourth-order valence-electron chi connectivity index (χ4n) is 3.98. The molecule has 0 spiro atoms. The lowest BCUT2D eigenvalue weighted by molar-refractivity contribution is 0.176. The van der Waals surface area contributed by atoms with Gasteiger partial charge in [0.1, 0.15) is 17.5 Å². The Bertz CT molecular complexity index is 1320. The Kier molecular flexibility index (Phi) is 7.15. The van der Waals surface area contributed by atoms with Gasteiger partial charge in [-0.15, -0.1) is 0 Å². The van der Waals surface area contributed by atoms with E-state index in [1.165, 1.54) is 17.7 Å². The average Bonchev–Trinajstić information content (AvgIpc) is 2.81. The lowest BCUT2D eigenvalue weighted by atomic mass is 9.96. The number of hydrogen-bond acceptors (Lipinski definition) is 1. The van der Waals surface area contributed by atoms with Crippen LogP contribution in [-0.2, 0) is 6.42 Å². The highest BCUT2D eigenvalue weighted by molar-refractivity contribution is 5.75. The van der Waals surface area contributed by atoms with E-state index in [-0.39, 0.29) is 11.1 Å². The van der Waals surface area contributed by atoms with E-state index in [0.717, 1.165) is 30.5 Å². The van der Waals surface area contributed by atoms with E-state index in [1.807, 2.05) is 24.3 Å². The van der Waals surface area contributed by atoms with Crippen molar-refractivity contribution in [1.29, 1.82) is 0 Å². The largest absolute Gasteiger partial charge is 0.457 e. The second-order valence-electron chi connectivity index (χ2n) is 7.98. The lowest BCUT2D eigenvalue weighted by Gasteiger charge is -2.12. The molecule has 4 rings (SSSR count). The molecule has 0 fully saturated rings. The number of hydrogen-bond donors (Lipinski definition) is 0. The predicted octanol–water partition coefficient (Wildman–Crippen LogP) is 8.64. The molecule has 0 atom stereocenters. The summed E-state index contributed by atoms with van der Waals surface area (Å²) in [7, 11) is 0. The Morgan fingerprint density at radius 1 is 0.600 bits per heavy atom. The normalized spacial score (nSPS) is 11.1. The topological polar surface area (TPSA) is 9.23 Å². The van der Waals surface area contributed by atoms with Gasteiger partial charge in [0.15, 0.2) is 17.4 Å². The van der Waals surface area contributed by atoms with E-state index in [0.29, 0.717) is 17.7 Å². The monoisotopic (exact) mass is 486 g/mol. The quantitative estimate of drug-likeness (QED) is 0.238. The molecule has 0 aliphatic heterocycles. The van der Waals surface area contributed by atoms with Crippen molar-refractivity contribution in [3.8, 4) is 39.1 Å². The van der Waals surface area contributed by atoms with E-state index in [4.69, 9.17) is 0 Å². The standard InChI is InChI=1S/C28H20F6O/c1-2-3-16-4-6-17(7-5-16)18-8-9-21(22(30)10-18)19-11-23(31)27(24(32)12-19)20-13-25(33)28(35-15-29)26(34)14-20/h4-14H,2-3,15H2,1H3. The summed E-state index contributed by atoms with van der Waals surface area (Å²) in [5.41, 5.74) is 1.30. The Labute approximate surface area is 198 Å². The molecule has 0 unspecified atom stereocenters. The van der Waals surface area contributed by atoms with Gasteiger partial charge in [-0.3, -0.25) is 0 Å². The van der Waals surface area contributed by atoms with Gasteiger partial charge in [0.2, 0.25) is 6.86 Å². The summed E-state index contributed by atoms with van der Waals surface area (Å²) in [5.74, 6) is -6.59. The van der Waals surface area contributed by atoms with E-state index in [9.17, 15) is 26.3 Å². The van der Waals surface area contributed by atoms with Gasteiger partial charge >= 0.3 is 0 Å². The minimum Gasteiger partial charge on any atom is -0.457 e. The lowest BCUT2D eigenvalue weighted by Crippen LogP contribution is -2.00. The van der Waals surface area contributed by atoms with Gasteiger partial charge in [-0.1, -0.05) is 49.7 Å². The fraction of sp³-hybridized carbons (Fsp3) is 0.143. The van der Waals surface area contributed by atoms with Crippen molar-refractivity contribution in [1.82, 2.24) is 0 Å². The highest BCUT2D eigenvalue weighted by Crippen LogP contribution is 2.36. The van der Waals surface area contributed by atoms with Gasteiger partial charge in [-0.2, -0.15) is 0 Å². The maximum absolute atomic E-state index is 14.9. The summed E-state index contributed by atoms with van der Waals surface area (Å²) < 4.78 is 89.3. The molecule has 35 heavy (non-hydrogen) atoms. The van der Waals surface area contributed by atoms with Crippen LogP contribution in [0.1, 0.15) is 18.9 Å². The SMILES string of the molecule is CCCc1ccc(-c2ccc(-c3cc(F)c(-c4cc(F)c(OCF)c(F)c4)c(F)c3)c(F)c2)cc1. The Morgan fingerprint density at radius 2 is 1.14 bits per heavy atom. The Balaban J connectivity index is 1.68. The third kappa shape index (κ3) is 5.04. The van der Waals surface area contributed by atoms with Gasteiger partial charge in [0, 0.05) is 5.56 Å². The van der Waals surface area contributed by atoms with Crippen LogP contribution in [0.5, 0.6) is 5.75 Å². The van der Waals surface area contributed by atoms with E-state index in [2.05, 4.69) is 11.7 Å². The van der Waals surface area contributed by atoms with E-state index < -0.39 is 52.8 Å². The number of halogens is 6. The summed E-state index contributed by atoms with van der Waals surface area (Å²) in [6.07, 6.45) is 1.95. The first-order chi connectivity index (χ1) is 16.8. The maximum atomic E-state index is 14.9. The highest BCUT2D eigenvalue weighted by atomic mass is 19.2. The number of aryl methyl sites for hydroxylation is 1. The summed E-state index contributed by atoms with van der Waals surface area (Å²) in [6.45, 7) is 0.607. The van der Waals surface area contributed by atoms with Crippen molar-refractivity contribution in [2.24, 2.45) is 0 Å². The predicted molar refractivity (Wildman–Crippen MR) is 123 cm³/mol. The molecule has 0 saturated heterocycles. The molecule has 0 bridgehead atoms. The minimum atomic E-state index is -1.47. The summed E-state index contributed by atoms with van der Waals surface area (Å²) in [5, 5.41) is 0. The third-order valence-corrected chi connectivity index (χ3v) is 5.63. The van der Waals surface area contributed by atoms with Crippen LogP contribution in [0, 0.1) is 29.1 Å². The first-order valence-electron chi connectivity index (χ1n) is 10.9.